The molecule has 2 N–H and O–H groups in total. The van der Waals surface area contributed by atoms with E-state index in [2.05, 4.69) is 15.5 Å². The van der Waals surface area contributed by atoms with Crippen LogP contribution in [0.25, 0.3) is 0 Å². The van der Waals surface area contributed by atoms with E-state index in [9.17, 15) is 4.79 Å². The molecule has 4 heteroatoms. The monoisotopic (exact) mass is 187 g/mol. The Labute approximate surface area is 81.0 Å². The molecule has 1 aromatic heterocycles. The number of rotatable bonds is 2. The summed E-state index contributed by atoms with van der Waals surface area (Å²) < 4.78 is 0. The van der Waals surface area contributed by atoms with Crippen molar-refractivity contribution in [1.82, 2.24) is 10.2 Å². The van der Waals surface area contributed by atoms with Gasteiger partial charge in [0.05, 0.1) is 11.9 Å². The zero-order chi connectivity index (χ0) is 9.80. The number of nitrogens with one attached hydrogen (secondary N) is 2. The Balaban J connectivity index is 2.11. The molecule has 4 nitrogen and oxygen atoms in total. The van der Waals surface area contributed by atoms with Crippen LogP contribution < -0.4 is 5.32 Å². The van der Waals surface area contributed by atoms with Crippen LogP contribution in [-0.2, 0) is 0 Å². The molecule has 0 fully saturated rings. The second kappa shape index (κ2) is 3.74. The van der Waals surface area contributed by atoms with Crippen molar-refractivity contribution in [1.29, 1.82) is 0 Å². The highest BCUT2D eigenvalue weighted by Gasteiger charge is 2.04. The molecule has 1 heterocycles. The molecule has 0 saturated carbocycles. The van der Waals surface area contributed by atoms with Crippen LogP contribution in [0.4, 0.5) is 5.69 Å². The number of aromatic nitrogens is 2. The van der Waals surface area contributed by atoms with Gasteiger partial charge in [-0.05, 0) is 12.1 Å². The van der Waals surface area contributed by atoms with Crippen molar-refractivity contribution in [2.45, 2.75) is 0 Å². The Morgan fingerprint density at radius 1 is 1.29 bits per heavy atom. The maximum absolute atomic E-state index is 11.6. The average molecular weight is 187 g/mol. The molecule has 0 aliphatic rings. The first-order chi connectivity index (χ1) is 6.86. The molecule has 0 bridgehead atoms. The van der Waals surface area contributed by atoms with Crippen LogP contribution in [0.1, 0.15) is 10.4 Å². The van der Waals surface area contributed by atoms with Gasteiger partial charge in [0.25, 0.3) is 5.91 Å². The van der Waals surface area contributed by atoms with Gasteiger partial charge in [0.15, 0.2) is 0 Å². The first-order valence-corrected chi connectivity index (χ1v) is 4.21. The van der Waals surface area contributed by atoms with Gasteiger partial charge in [0, 0.05) is 11.8 Å². The normalized spacial score (nSPS) is 9.71. The van der Waals surface area contributed by atoms with Crippen molar-refractivity contribution in [2.75, 3.05) is 5.32 Å². The second-order valence-electron chi connectivity index (χ2n) is 2.81. The van der Waals surface area contributed by atoms with Crippen LogP contribution in [0.2, 0.25) is 0 Å². The van der Waals surface area contributed by atoms with E-state index in [1.54, 1.807) is 24.5 Å². The lowest BCUT2D eigenvalue weighted by molar-refractivity contribution is 0.102. The van der Waals surface area contributed by atoms with Crippen LogP contribution >= 0.6 is 0 Å². The summed E-state index contributed by atoms with van der Waals surface area (Å²) in [6, 6.07) is 9.04. The van der Waals surface area contributed by atoms with Gasteiger partial charge < -0.3 is 5.32 Å². The van der Waals surface area contributed by atoms with Gasteiger partial charge >= 0.3 is 0 Å². The van der Waals surface area contributed by atoms with Crippen molar-refractivity contribution in [3.05, 3.63) is 48.3 Å². The van der Waals surface area contributed by atoms with Gasteiger partial charge in [-0.1, -0.05) is 18.2 Å². The third-order valence-corrected chi connectivity index (χ3v) is 1.79. The molecule has 0 aliphatic heterocycles. The molecule has 1 amide bonds. The summed E-state index contributed by atoms with van der Waals surface area (Å²) in [6.07, 6.45) is 3.18. The number of benzene rings is 1. The topological polar surface area (TPSA) is 57.8 Å². The summed E-state index contributed by atoms with van der Waals surface area (Å²) in [6.45, 7) is 0. The number of carbonyl (C=O) groups excluding carboxylic acids is 1. The number of hydrogen-bond donors (Lipinski definition) is 2. The number of hydrogen-bond acceptors (Lipinski definition) is 2. The fourth-order valence-corrected chi connectivity index (χ4v) is 1.11. The predicted molar refractivity (Wildman–Crippen MR) is 53.0 cm³/mol. The molecule has 70 valence electrons. The molecule has 0 saturated heterocycles. The molecular weight excluding hydrogens is 178 g/mol. The summed E-state index contributed by atoms with van der Waals surface area (Å²) >= 11 is 0. The van der Waals surface area contributed by atoms with Gasteiger partial charge in [-0.3, -0.25) is 9.89 Å². The van der Waals surface area contributed by atoms with E-state index in [1.165, 1.54) is 0 Å². The zero-order valence-electron chi connectivity index (χ0n) is 7.40. The Hall–Kier alpha value is -2.10. The molecule has 14 heavy (non-hydrogen) atoms. The van der Waals surface area contributed by atoms with E-state index in [-0.39, 0.29) is 5.91 Å². The number of amides is 1. The summed E-state index contributed by atoms with van der Waals surface area (Å²) in [5, 5.41) is 9.06. The van der Waals surface area contributed by atoms with Crippen molar-refractivity contribution in [3.63, 3.8) is 0 Å². The largest absolute Gasteiger partial charge is 0.319 e. The maximum atomic E-state index is 11.6. The summed E-state index contributed by atoms with van der Waals surface area (Å²) in [4.78, 5) is 11.6. The van der Waals surface area contributed by atoms with Crippen LogP contribution in [-0.4, -0.2) is 16.1 Å². The third kappa shape index (κ3) is 1.80. The van der Waals surface area contributed by atoms with Crippen molar-refractivity contribution in [2.24, 2.45) is 0 Å². The number of carbonyl (C=O) groups is 1. The van der Waals surface area contributed by atoms with Gasteiger partial charge in [-0.2, -0.15) is 5.10 Å². The molecule has 2 aromatic rings. The maximum Gasteiger partial charge on any atom is 0.255 e. The van der Waals surface area contributed by atoms with Crippen LogP contribution in [0, 0.1) is 0 Å². The first-order valence-electron chi connectivity index (χ1n) is 4.21. The van der Waals surface area contributed by atoms with Gasteiger partial charge in [0.2, 0.25) is 0 Å². The Morgan fingerprint density at radius 3 is 2.71 bits per heavy atom. The average Bonchev–Trinajstić information content (AvgIpc) is 2.72. The van der Waals surface area contributed by atoms with E-state index in [4.69, 9.17) is 0 Å². The van der Waals surface area contributed by atoms with E-state index < -0.39 is 0 Å². The lowest BCUT2D eigenvalue weighted by Crippen LogP contribution is -2.10. The third-order valence-electron chi connectivity index (χ3n) is 1.79. The van der Waals surface area contributed by atoms with Crippen LogP contribution in [0.15, 0.2) is 42.7 Å². The van der Waals surface area contributed by atoms with Gasteiger partial charge in [-0.15, -0.1) is 0 Å². The Bertz CT molecular complexity index is 408. The van der Waals surface area contributed by atoms with E-state index in [0.717, 1.165) is 0 Å². The Morgan fingerprint density at radius 2 is 2.07 bits per heavy atom. The molecule has 0 aliphatic carbocycles. The summed E-state index contributed by atoms with van der Waals surface area (Å²) in [5.41, 5.74) is 1.30. The van der Waals surface area contributed by atoms with Gasteiger partial charge in [-0.25, -0.2) is 0 Å². The fourth-order valence-electron chi connectivity index (χ4n) is 1.11. The summed E-state index contributed by atoms with van der Waals surface area (Å²) in [5.74, 6) is -0.132. The molecule has 0 unspecified atom stereocenters. The van der Waals surface area contributed by atoms with Crippen LogP contribution in [0.5, 0.6) is 0 Å². The van der Waals surface area contributed by atoms with E-state index in [0.29, 0.717) is 11.3 Å². The number of anilines is 1. The zero-order valence-corrected chi connectivity index (χ0v) is 7.40. The fraction of sp³-hybridized carbons (Fsp3) is 0. The molecule has 0 radical (unpaired) electrons. The highest BCUT2D eigenvalue weighted by Crippen LogP contribution is 2.05. The minimum Gasteiger partial charge on any atom is -0.319 e. The highest BCUT2D eigenvalue weighted by molar-refractivity contribution is 6.04. The lowest BCUT2D eigenvalue weighted by Gasteiger charge is -2.00. The molecule has 2 rings (SSSR count). The minimum atomic E-state index is -0.132. The van der Waals surface area contributed by atoms with Crippen molar-refractivity contribution < 1.29 is 4.79 Å². The van der Waals surface area contributed by atoms with Gasteiger partial charge in [0.1, 0.15) is 0 Å². The highest BCUT2D eigenvalue weighted by atomic mass is 16.1. The van der Waals surface area contributed by atoms with E-state index in [1.807, 2.05) is 18.2 Å². The lowest BCUT2D eigenvalue weighted by atomic mass is 10.2. The van der Waals surface area contributed by atoms with Crippen LogP contribution in [0.3, 0.4) is 0 Å². The quantitative estimate of drug-likeness (QED) is 0.751. The molecule has 1 aromatic carbocycles. The molecule has 0 spiro atoms. The summed E-state index contributed by atoms with van der Waals surface area (Å²) in [7, 11) is 0. The number of aromatic amines is 1. The van der Waals surface area contributed by atoms with Crippen molar-refractivity contribution in [3.8, 4) is 0 Å². The predicted octanol–water partition coefficient (Wildman–Crippen LogP) is 1.66. The molecule has 0 atom stereocenters. The molecular formula is C10H9N3O. The first kappa shape index (κ1) is 8.50. The van der Waals surface area contributed by atoms with Crippen molar-refractivity contribution >= 4 is 11.6 Å². The smallest absolute Gasteiger partial charge is 0.255 e. The SMILES string of the molecule is O=C(Nc1cn[nH]c1)c1ccccc1. The standard InChI is InChI=1S/C10H9N3O/c14-10(8-4-2-1-3-5-8)13-9-6-11-12-7-9/h1-7H,(H,11,12)(H,13,14). The number of nitrogens with zero attached hydrogens (tertiary/aromatic N) is 1. The minimum absolute atomic E-state index is 0.132. The Kier molecular flexibility index (Phi) is 2.27. The second-order valence-corrected chi connectivity index (χ2v) is 2.81. The number of H-pyrrole nitrogens is 1. The van der Waals surface area contributed by atoms with E-state index >= 15 is 0 Å².